The number of halogens is 1. The van der Waals surface area contributed by atoms with Gasteiger partial charge < -0.3 is 15.1 Å². The van der Waals surface area contributed by atoms with Gasteiger partial charge in [-0.3, -0.25) is 0 Å². The van der Waals surface area contributed by atoms with Crippen molar-refractivity contribution in [3.8, 4) is 0 Å². The molecule has 1 aliphatic heterocycles. The van der Waals surface area contributed by atoms with Gasteiger partial charge in [-0.15, -0.1) is 11.3 Å². The van der Waals surface area contributed by atoms with Gasteiger partial charge in [0.15, 0.2) is 5.13 Å². The van der Waals surface area contributed by atoms with Gasteiger partial charge in [-0.1, -0.05) is 23.7 Å². The molecule has 1 fully saturated rings. The van der Waals surface area contributed by atoms with E-state index < -0.39 is 0 Å². The minimum absolute atomic E-state index is 0.829. The van der Waals surface area contributed by atoms with Crippen molar-refractivity contribution in [2.45, 2.75) is 6.54 Å². The quantitative estimate of drug-likeness (QED) is 0.938. The molecule has 6 heteroatoms. The van der Waals surface area contributed by atoms with E-state index in [-0.39, 0.29) is 0 Å². The first-order valence-electron chi connectivity index (χ1n) is 7.11. The lowest BCUT2D eigenvalue weighted by Crippen LogP contribution is -2.46. The zero-order valence-corrected chi connectivity index (χ0v) is 13.6. The van der Waals surface area contributed by atoms with E-state index in [1.807, 2.05) is 25.2 Å². The van der Waals surface area contributed by atoms with Crippen LogP contribution in [0.1, 0.15) is 5.69 Å². The van der Waals surface area contributed by atoms with E-state index in [2.05, 4.69) is 31.5 Å². The maximum atomic E-state index is 6.28. The number of hydrogen-bond acceptors (Lipinski definition) is 5. The Labute approximate surface area is 134 Å². The third-order valence-corrected chi connectivity index (χ3v) is 4.91. The summed E-state index contributed by atoms with van der Waals surface area (Å²) in [6, 6.07) is 8.06. The van der Waals surface area contributed by atoms with E-state index in [4.69, 9.17) is 11.6 Å². The molecule has 1 saturated heterocycles. The molecule has 2 aromatic rings. The van der Waals surface area contributed by atoms with Gasteiger partial charge in [0.1, 0.15) is 0 Å². The van der Waals surface area contributed by atoms with Gasteiger partial charge >= 0.3 is 0 Å². The molecule has 0 unspecified atom stereocenters. The molecule has 0 amide bonds. The lowest BCUT2D eigenvalue weighted by molar-refractivity contribution is 0.650. The van der Waals surface area contributed by atoms with Crippen molar-refractivity contribution in [1.29, 1.82) is 0 Å². The molecule has 4 nitrogen and oxygen atoms in total. The van der Waals surface area contributed by atoms with Crippen LogP contribution in [-0.2, 0) is 6.54 Å². The van der Waals surface area contributed by atoms with Crippen molar-refractivity contribution in [2.75, 3.05) is 43.0 Å². The van der Waals surface area contributed by atoms with Crippen molar-refractivity contribution < 1.29 is 0 Å². The van der Waals surface area contributed by atoms with Crippen LogP contribution in [0.15, 0.2) is 29.6 Å². The Morgan fingerprint density at radius 2 is 1.90 bits per heavy atom. The van der Waals surface area contributed by atoms with Crippen LogP contribution in [0.2, 0.25) is 5.02 Å². The van der Waals surface area contributed by atoms with Crippen LogP contribution in [-0.4, -0.2) is 38.2 Å². The number of nitrogens with zero attached hydrogens (tertiary/aromatic N) is 3. The number of rotatable bonds is 4. The van der Waals surface area contributed by atoms with Crippen molar-refractivity contribution in [3.63, 3.8) is 0 Å². The Morgan fingerprint density at radius 1 is 1.19 bits per heavy atom. The average Bonchev–Trinajstić information content (AvgIpc) is 2.97. The number of piperazine rings is 1. The Bertz CT molecular complexity index is 593. The lowest BCUT2D eigenvalue weighted by Gasteiger charge is -2.36. The molecule has 1 aliphatic rings. The van der Waals surface area contributed by atoms with Gasteiger partial charge in [-0.25, -0.2) is 4.98 Å². The molecule has 3 rings (SSSR count). The molecule has 2 heterocycles. The molecule has 0 aliphatic carbocycles. The van der Waals surface area contributed by atoms with Gasteiger partial charge in [0.2, 0.25) is 0 Å². The molecule has 1 aromatic carbocycles. The largest absolute Gasteiger partial charge is 0.367 e. The summed E-state index contributed by atoms with van der Waals surface area (Å²) in [6.07, 6.45) is 0. The molecule has 0 saturated carbocycles. The summed E-state index contributed by atoms with van der Waals surface area (Å²) >= 11 is 8.00. The molecule has 21 heavy (non-hydrogen) atoms. The van der Waals surface area contributed by atoms with E-state index >= 15 is 0 Å². The summed E-state index contributed by atoms with van der Waals surface area (Å²) in [7, 11) is 1.95. The fourth-order valence-corrected chi connectivity index (χ4v) is 3.69. The number of para-hydroxylation sites is 1. The standard InChI is InChI=1S/C15H19ClN4S/c1-17-10-12-11-21-15(18-12)20-8-6-19(7-9-20)14-5-3-2-4-13(14)16/h2-5,11,17H,6-10H2,1H3. The SMILES string of the molecule is CNCc1csc(N2CCN(c3ccccc3Cl)CC2)n1. The van der Waals surface area contributed by atoms with Crippen LogP contribution < -0.4 is 15.1 Å². The summed E-state index contributed by atoms with van der Waals surface area (Å²) in [5.41, 5.74) is 2.25. The zero-order chi connectivity index (χ0) is 14.7. The number of nitrogens with one attached hydrogen (secondary N) is 1. The van der Waals surface area contributed by atoms with Crippen LogP contribution in [0.3, 0.4) is 0 Å². The third kappa shape index (κ3) is 3.31. The van der Waals surface area contributed by atoms with Crippen molar-refractivity contribution in [3.05, 3.63) is 40.4 Å². The second-order valence-electron chi connectivity index (χ2n) is 5.08. The maximum absolute atomic E-state index is 6.28. The van der Waals surface area contributed by atoms with E-state index in [0.717, 1.165) is 54.3 Å². The van der Waals surface area contributed by atoms with Crippen LogP contribution in [0.5, 0.6) is 0 Å². The topological polar surface area (TPSA) is 31.4 Å². The number of anilines is 2. The fraction of sp³-hybridized carbons (Fsp3) is 0.400. The summed E-state index contributed by atoms with van der Waals surface area (Å²) < 4.78 is 0. The maximum Gasteiger partial charge on any atom is 0.185 e. The summed E-state index contributed by atoms with van der Waals surface area (Å²) in [5.74, 6) is 0. The average molecular weight is 323 g/mol. The van der Waals surface area contributed by atoms with E-state index in [0.29, 0.717) is 0 Å². The van der Waals surface area contributed by atoms with Crippen molar-refractivity contribution in [1.82, 2.24) is 10.3 Å². The van der Waals surface area contributed by atoms with Crippen LogP contribution in [0.25, 0.3) is 0 Å². The smallest absolute Gasteiger partial charge is 0.185 e. The number of thiazole rings is 1. The van der Waals surface area contributed by atoms with Gasteiger partial charge in [0.25, 0.3) is 0 Å². The highest BCUT2D eigenvalue weighted by molar-refractivity contribution is 7.13. The predicted octanol–water partition coefficient (Wildman–Crippen LogP) is 2.84. The minimum atomic E-state index is 0.829. The predicted molar refractivity (Wildman–Crippen MR) is 90.8 cm³/mol. The van der Waals surface area contributed by atoms with Crippen LogP contribution in [0.4, 0.5) is 10.8 Å². The highest BCUT2D eigenvalue weighted by Crippen LogP contribution is 2.28. The van der Waals surface area contributed by atoms with E-state index in [9.17, 15) is 0 Å². The first kappa shape index (κ1) is 14.6. The van der Waals surface area contributed by atoms with Crippen LogP contribution in [0, 0.1) is 0 Å². The molecule has 1 N–H and O–H groups in total. The number of aromatic nitrogens is 1. The molecule has 0 bridgehead atoms. The lowest BCUT2D eigenvalue weighted by atomic mass is 10.2. The Hall–Kier alpha value is -1.30. The van der Waals surface area contributed by atoms with Gasteiger partial charge in [0, 0.05) is 38.1 Å². The van der Waals surface area contributed by atoms with Gasteiger partial charge in [-0.2, -0.15) is 0 Å². The van der Waals surface area contributed by atoms with Crippen molar-refractivity contribution >= 4 is 33.8 Å². The second-order valence-corrected chi connectivity index (χ2v) is 6.32. The van der Waals surface area contributed by atoms with Crippen molar-refractivity contribution in [2.24, 2.45) is 0 Å². The Balaban J connectivity index is 1.63. The van der Waals surface area contributed by atoms with E-state index in [1.54, 1.807) is 11.3 Å². The fourth-order valence-electron chi connectivity index (χ4n) is 2.55. The number of benzene rings is 1. The summed E-state index contributed by atoms with van der Waals surface area (Å²) in [4.78, 5) is 9.38. The second kappa shape index (κ2) is 6.64. The van der Waals surface area contributed by atoms with E-state index in [1.165, 1.54) is 0 Å². The molecule has 0 spiro atoms. The Kier molecular flexibility index (Phi) is 4.63. The van der Waals surface area contributed by atoms with Gasteiger partial charge in [-0.05, 0) is 19.2 Å². The van der Waals surface area contributed by atoms with Gasteiger partial charge in [0.05, 0.1) is 16.4 Å². The molecule has 0 radical (unpaired) electrons. The molecule has 1 aromatic heterocycles. The summed E-state index contributed by atoms with van der Waals surface area (Å²) in [6.45, 7) is 4.75. The summed E-state index contributed by atoms with van der Waals surface area (Å²) in [5, 5.41) is 7.22. The third-order valence-electron chi connectivity index (χ3n) is 3.64. The van der Waals surface area contributed by atoms with Crippen LogP contribution >= 0.6 is 22.9 Å². The molecular weight excluding hydrogens is 304 g/mol. The molecule has 112 valence electrons. The highest BCUT2D eigenvalue weighted by Gasteiger charge is 2.20. The first-order chi connectivity index (χ1) is 10.3. The number of hydrogen-bond donors (Lipinski definition) is 1. The Morgan fingerprint density at radius 3 is 2.62 bits per heavy atom. The molecular formula is C15H19ClN4S. The minimum Gasteiger partial charge on any atom is -0.367 e. The zero-order valence-electron chi connectivity index (χ0n) is 12.1. The molecule has 0 atom stereocenters. The normalized spacial score (nSPS) is 15.5. The monoisotopic (exact) mass is 322 g/mol. The highest BCUT2D eigenvalue weighted by atomic mass is 35.5. The first-order valence-corrected chi connectivity index (χ1v) is 8.37.